The fourth-order valence-corrected chi connectivity index (χ4v) is 2.08. The highest BCUT2D eigenvalue weighted by atomic mass is 35.5. The average molecular weight is 247 g/mol. The molecule has 0 bridgehead atoms. The van der Waals surface area contributed by atoms with Gasteiger partial charge in [0.15, 0.2) is 5.03 Å². The smallest absolute Gasteiger partial charge is 0.283 e. The number of hydrogen-bond acceptors (Lipinski definition) is 3. The molecule has 0 aliphatic rings. The maximum absolute atomic E-state index is 11.8. The van der Waals surface area contributed by atoms with Gasteiger partial charge in [0, 0.05) is 30.6 Å². The Balaban J connectivity index is 2.85. The summed E-state index contributed by atoms with van der Waals surface area (Å²) in [6, 6.07) is 0. The molecule has 1 aromatic rings. The fourth-order valence-electron chi connectivity index (χ4n) is 1.20. The summed E-state index contributed by atoms with van der Waals surface area (Å²) >= 11 is 6.98. The summed E-state index contributed by atoms with van der Waals surface area (Å²) in [5, 5.41) is 0.541. The highest BCUT2D eigenvalue weighted by Gasteiger charge is 2.05. The van der Waals surface area contributed by atoms with Gasteiger partial charge in [-0.05, 0) is 5.92 Å². The molecular weight excluding hydrogens is 232 g/mol. The van der Waals surface area contributed by atoms with Crippen molar-refractivity contribution >= 4 is 23.4 Å². The number of hydrogen-bond donors (Lipinski definition) is 0. The quantitative estimate of drug-likeness (QED) is 0.590. The van der Waals surface area contributed by atoms with Crippen LogP contribution in [0, 0.1) is 5.92 Å². The number of nitrogens with zero attached hydrogens (tertiary/aromatic N) is 2. The lowest BCUT2D eigenvalue weighted by atomic mass is 10.2. The molecule has 1 heterocycles. The van der Waals surface area contributed by atoms with Crippen LogP contribution in [0.15, 0.2) is 22.2 Å². The predicted octanol–water partition coefficient (Wildman–Crippen LogP) is 2.23. The second kappa shape index (κ2) is 6.18. The van der Waals surface area contributed by atoms with Crippen molar-refractivity contribution in [3.8, 4) is 0 Å². The second-order valence-corrected chi connectivity index (χ2v) is 5.08. The van der Waals surface area contributed by atoms with Gasteiger partial charge >= 0.3 is 0 Å². The van der Waals surface area contributed by atoms with Crippen molar-refractivity contribution in [3.05, 3.63) is 22.7 Å². The maximum Gasteiger partial charge on any atom is 0.283 e. The third kappa shape index (κ3) is 3.87. The summed E-state index contributed by atoms with van der Waals surface area (Å²) in [7, 11) is 0. The maximum atomic E-state index is 11.8. The van der Waals surface area contributed by atoms with E-state index in [2.05, 4.69) is 18.8 Å². The SMILES string of the molecule is CC(C)Cn1ccnc(SCCCl)c1=O. The van der Waals surface area contributed by atoms with Crippen LogP contribution < -0.4 is 5.56 Å². The standard InChI is InChI=1S/C10H15ClN2OS/c1-8(2)7-13-5-4-12-9(10(13)14)15-6-3-11/h4-5,8H,3,6-7H2,1-2H3. The monoisotopic (exact) mass is 246 g/mol. The van der Waals surface area contributed by atoms with E-state index in [1.807, 2.05) is 0 Å². The molecule has 0 atom stereocenters. The van der Waals surface area contributed by atoms with E-state index in [0.29, 0.717) is 16.8 Å². The molecule has 15 heavy (non-hydrogen) atoms. The zero-order valence-electron chi connectivity index (χ0n) is 8.94. The average Bonchev–Trinajstić information content (AvgIpc) is 2.19. The molecule has 0 spiro atoms. The van der Waals surface area contributed by atoms with Gasteiger partial charge in [-0.2, -0.15) is 0 Å². The van der Waals surface area contributed by atoms with Crippen LogP contribution in [0.25, 0.3) is 0 Å². The summed E-state index contributed by atoms with van der Waals surface area (Å²) in [6.45, 7) is 4.90. The molecule has 0 aromatic carbocycles. The zero-order chi connectivity index (χ0) is 11.3. The van der Waals surface area contributed by atoms with Crippen LogP contribution in [0.4, 0.5) is 0 Å². The summed E-state index contributed by atoms with van der Waals surface area (Å²) < 4.78 is 1.70. The van der Waals surface area contributed by atoms with Gasteiger partial charge in [0.1, 0.15) is 0 Å². The molecule has 0 saturated carbocycles. The van der Waals surface area contributed by atoms with E-state index in [1.54, 1.807) is 17.0 Å². The van der Waals surface area contributed by atoms with Crippen molar-refractivity contribution in [2.24, 2.45) is 5.92 Å². The molecule has 0 fully saturated rings. The minimum atomic E-state index is -0.0127. The molecule has 1 aromatic heterocycles. The van der Waals surface area contributed by atoms with Crippen LogP contribution in [-0.2, 0) is 6.54 Å². The Morgan fingerprint density at radius 2 is 2.33 bits per heavy atom. The van der Waals surface area contributed by atoms with Crippen LogP contribution in [-0.4, -0.2) is 21.2 Å². The Morgan fingerprint density at radius 1 is 1.60 bits per heavy atom. The number of halogens is 1. The van der Waals surface area contributed by atoms with Gasteiger partial charge < -0.3 is 4.57 Å². The Bertz CT molecular complexity index is 365. The Labute approximate surface area is 98.9 Å². The lowest BCUT2D eigenvalue weighted by Crippen LogP contribution is -2.24. The van der Waals surface area contributed by atoms with Crippen molar-refractivity contribution in [2.75, 3.05) is 11.6 Å². The van der Waals surface area contributed by atoms with Gasteiger partial charge in [0.05, 0.1) is 0 Å². The highest BCUT2D eigenvalue weighted by molar-refractivity contribution is 7.99. The minimum absolute atomic E-state index is 0.0127. The van der Waals surface area contributed by atoms with Crippen molar-refractivity contribution in [3.63, 3.8) is 0 Å². The molecule has 0 amide bonds. The molecule has 5 heteroatoms. The second-order valence-electron chi connectivity index (χ2n) is 3.62. The molecular formula is C10H15ClN2OS. The topological polar surface area (TPSA) is 34.9 Å². The normalized spacial score (nSPS) is 10.9. The molecule has 0 N–H and O–H groups in total. The Morgan fingerprint density at radius 3 is 2.93 bits per heavy atom. The third-order valence-electron chi connectivity index (χ3n) is 1.76. The fraction of sp³-hybridized carbons (Fsp3) is 0.600. The predicted molar refractivity (Wildman–Crippen MR) is 64.8 cm³/mol. The van der Waals surface area contributed by atoms with Gasteiger partial charge in [-0.15, -0.1) is 11.6 Å². The van der Waals surface area contributed by atoms with Gasteiger partial charge in [-0.1, -0.05) is 25.6 Å². The summed E-state index contributed by atoms with van der Waals surface area (Å²) in [4.78, 5) is 15.9. The first-order valence-corrected chi connectivity index (χ1v) is 6.41. The molecule has 3 nitrogen and oxygen atoms in total. The number of thioether (sulfide) groups is 1. The van der Waals surface area contributed by atoms with Crippen LogP contribution in [0.3, 0.4) is 0 Å². The van der Waals surface area contributed by atoms with E-state index in [-0.39, 0.29) is 5.56 Å². The first-order chi connectivity index (χ1) is 7.15. The lowest BCUT2D eigenvalue weighted by molar-refractivity contribution is 0.502. The molecule has 84 valence electrons. The van der Waals surface area contributed by atoms with Gasteiger partial charge in [0.25, 0.3) is 5.56 Å². The van der Waals surface area contributed by atoms with E-state index < -0.39 is 0 Å². The van der Waals surface area contributed by atoms with E-state index in [4.69, 9.17) is 11.6 Å². The molecule has 0 unspecified atom stereocenters. The molecule has 0 aliphatic heterocycles. The van der Waals surface area contributed by atoms with Crippen LogP contribution >= 0.6 is 23.4 Å². The number of alkyl halides is 1. The van der Waals surface area contributed by atoms with E-state index in [9.17, 15) is 4.79 Å². The largest absolute Gasteiger partial charge is 0.311 e. The third-order valence-corrected chi connectivity index (χ3v) is 3.13. The van der Waals surface area contributed by atoms with Crippen LogP contribution in [0.5, 0.6) is 0 Å². The summed E-state index contributed by atoms with van der Waals surface area (Å²) in [5.74, 6) is 1.70. The van der Waals surface area contributed by atoms with Crippen LogP contribution in [0.2, 0.25) is 0 Å². The number of aromatic nitrogens is 2. The molecule has 0 saturated heterocycles. The highest BCUT2D eigenvalue weighted by Crippen LogP contribution is 2.10. The summed E-state index contributed by atoms with van der Waals surface area (Å²) in [5.41, 5.74) is -0.0127. The van der Waals surface area contributed by atoms with E-state index >= 15 is 0 Å². The van der Waals surface area contributed by atoms with Gasteiger partial charge in [0.2, 0.25) is 0 Å². The van der Waals surface area contributed by atoms with Crippen molar-refractivity contribution in [1.29, 1.82) is 0 Å². The summed E-state index contributed by atoms with van der Waals surface area (Å²) in [6.07, 6.45) is 3.40. The van der Waals surface area contributed by atoms with Crippen molar-refractivity contribution in [1.82, 2.24) is 9.55 Å². The first kappa shape index (κ1) is 12.6. The Kier molecular flexibility index (Phi) is 5.19. The van der Waals surface area contributed by atoms with E-state index in [0.717, 1.165) is 12.3 Å². The molecule has 1 rings (SSSR count). The minimum Gasteiger partial charge on any atom is -0.311 e. The lowest BCUT2D eigenvalue weighted by Gasteiger charge is -2.08. The van der Waals surface area contributed by atoms with Crippen molar-refractivity contribution in [2.45, 2.75) is 25.4 Å². The molecule has 0 aliphatic carbocycles. The van der Waals surface area contributed by atoms with Crippen molar-refractivity contribution < 1.29 is 0 Å². The van der Waals surface area contributed by atoms with Gasteiger partial charge in [-0.3, -0.25) is 4.79 Å². The molecule has 0 radical (unpaired) electrons. The zero-order valence-corrected chi connectivity index (χ0v) is 10.5. The first-order valence-electron chi connectivity index (χ1n) is 4.89. The number of rotatable bonds is 5. The van der Waals surface area contributed by atoms with Gasteiger partial charge in [-0.25, -0.2) is 4.98 Å². The Hall–Kier alpha value is -0.480. The van der Waals surface area contributed by atoms with Crippen LogP contribution in [0.1, 0.15) is 13.8 Å². The van der Waals surface area contributed by atoms with E-state index in [1.165, 1.54) is 11.8 Å².